The van der Waals surface area contributed by atoms with Crippen LogP contribution in [0.15, 0.2) is 17.1 Å². The van der Waals surface area contributed by atoms with Gasteiger partial charge in [-0.15, -0.1) is 24.0 Å². The molecule has 0 spiro atoms. The van der Waals surface area contributed by atoms with Gasteiger partial charge >= 0.3 is 0 Å². The molecule has 28 heavy (non-hydrogen) atoms. The van der Waals surface area contributed by atoms with E-state index in [0.29, 0.717) is 55.1 Å². The highest BCUT2D eigenvalue weighted by molar-refractivity contribution is 14.0. The molecule has 1 unspecified atom stereocenters. The molecule has 7 nitrogen and oxygen atoms in total. The first kappa shape index (κ1) is 25.1. The monoisotopic (exact) mass is 545 g/mol. The summed E-state index contributed by atoms with van der Waals surface area (Å²) in [5.41, 5.74) is 1.02. The predicted octanol–water partition coefficient (Wildman–Crippen LogP) is 2.65. The summed E-state index contributed by atoms with van der Waals surface area (Å²) in [6, 6.07) is 3.81. The van der Waals surface area contributed by atoms with E-state index in [-0.39, 0.29) is 35.8 Å². The molecule has 1 aromatic carbocycles. The summed E-state index contributed by atoms with van der Waals surface area (Å²) < 4.78 is 33.7. The number of sulfone groups is 1. The summed E-state index contributed by atoms with van der Waals surface area (Å²) >= 11 is 6.26. The van der Waals surface area contributed by atoms with Crippen molar-refractivity contribution in [3.8, 4) is 11.5 Å². The van der Waals surface area contributed by atoms with E-state index in [1.807, 2.05) is 26.0 Å². The van der Waals surface area contributed by atoms with Gasteiger partial charge in [0.1, 0.15) is 23.1 Å². The fourth-order valence-corrected chi connectivity index (χ4v) is 3.69. The van der Waals surface area contributed by atoms with Gasteiger partial charge in [0, 0.05) is 25.4 Å². The summed E-state index contributed by atoms with van der Waals surface area (Å²) in [6.45, 7) is 6.23. The first-order valence-corrected chi connectivity index (χ1v) is 11.5. The van der Waals surface area contributed by atoms with E-state index >= 15 is 0 Å². The van der Waals surface area contributed by atoms with E-state index in [2.05, 4.69) is 15.6 Å². The molecule has 160 valence electrons. The maximum atomic E-state index is 11.3. The minimum atomic E-state index is -2.97. The van der Waals surface area contributed by atoms with Gasteiger partial charge in [-0.2, -0.15) is 0 Å². The van der Waals surface area contributed by atoms with Gasteiger partial charge < -0.3 is 20.1 Å². The first-order valence-electron chi connectivity index (χ1n) is 9.09. The Balaban J connectivity index is 0.00000392. The highest BCUT2D eigenvalue weighted by Crippen LogP contribution is 2.38. The lowest BCUT2D eigenvalue weighted by atomic mass is 10.1. The molecular formula is C18H29ClIN3O4S. The van der Waals surface area contributed by atoms with Crippen molar-refractivity contribution in [2.24, 2.45) is 4.99 Å². The molecule has 1 aliphatic rings. The Morgan fingerprint density at radius 1 is 1.32 bits per heavy atom. The van der Waals surface area contributed by atoms with Crippen LogP contribution in [0, 0.1) is 0 Å². The van der Waals surface area contributed by atoms with Gasteiger partial charge in [-0.25, -0.2) is 8.42 Å². The second-order valence-corrected chi connectivity index (χ2v) is 9.24. The maximum Gasteiger partial charge on any atom is 0.191 e. The number of aliphatic imine (C=N–C) groups is 1. The molecule has 0 bridgehead atoms. The minimum absolute atomic E-state index is 0. The number of halogens is 2. The minimum Gasteiger partial charge on any atom is -0.486 e. The molecule has 2 N–H and O–H groups in total. The lowest BCUT2D eigenvalue weighted by molar-refractivity contribution is 0.171. The second kappa shape index (κ2) is 11.9. The van der Waals surface area contributed by atoms with Crippen LogP contribution in [0.2, 0.25) is 5.02 Å². The smallest absolute Gasteiger partial charge is 0.191 e. The van der Waals surface area contributed by atoms with Crippen LogP contribution >= 0.6 is 35.6 Å². The van der Waals surface area contributed by atoms with Crippen LogP contribution in [-0.4, -0.2) is 58.7 Å². The molecule has 10 heteroatoms. The number of guanidine groups is 1. The molecule has 0 saturated heterocycles. The van der Waals surface area contributed by atoms with Gasteiger partial charge in [0.25, 0.3) is 0 Å². The van der Waals surface area contributed by atoms with Crippen molar-refractivity contribution in [2.45, 2.75) is 32.7 Å². The van der Waals surface area contributed by atoms with Gasteiger partial charge in [-0.3, -0.25) is 4.99 Å². The Bertz CT molecular complexity index is 774. The summed E-state index contributed by atoms with van der Waals surface area (Å²) in [6.07, 6.45) is 2.48. The van der Waals surface area contributed by atoms with Gasteiger partial charge in [0.15, 0.2) is 17.5 Å². The van der Waals surface area contributed by atoms with Crippen LogP contribution in [0.4, 0.5) is 0 Å². The van der Waals surface area contributed by atoms with Crippen LogP contribution in [-0.2, 0) is 16.3 Å². The zero-order valence-corrected chi connectivity index (χ0v) is 20.4. The molecular weight excluding hydrogens is 517 g/mol. The van der Waals surface area contributed by atoms with Gasteiger partial charge in [-0.1, -0.05) is 11.6 Å². The van der Waals surface area contributed by atoms with Crippen molar-refractivity contribution >= 4 is 51.4 Å². The van der Waals surface area contributed by atoms with Crippen molar-refractivity contribution in [3.63, 3.8) is 0 Å². The molecule has 0 aliphatic carbocycles. The number of benzene rings is 1. The van der Waals surface area contributed by atoms with Crippen LogP contribution in [0.25, 0.3) is 0 Å². The second-order valence-electron chi connectivity index (χ2n) is 6.58. The van der Waals surface area contributed by atoms with Crippen molar-refractivity contribution < 1.29 is 17.9 Å². The normalized spacial score (nSPS) is 14.8. The first-order chi connectivity index (χ1) is 12.8. The van der Waals surface area contributed by atoms with Crippen LogP contribution in [0.3, 0.4) is 0 Å². The van der Waals surface area contributed by atoms with Crippen molar-refractivity contribution in [1.29, 1.82) is 0 Å². The SMILES string of the molecule is CCNC(=NCCc1cc(Cl)c2c(c1)OCCO2)NC(C)CCS(C)(=O)=O.I. The van der Waals surface area contributed by atoms with E-state index in [0.717, 1.165) is 12.1 Å². The largest absolute Gasteiger partial charge is 0.486 e. The zero-order chi connectivity index (χ0) is 19.9. The summed E-state index contributed by atoms with van der Waals surface area (Å²) in [4.78, 5) is 4.56. The Kier molecular flexibility index (Phi) is 10.7. The standard InChI is InChI=1S/C18H28ClN3O4S.HI/c1-4-20-18(22-13(2)6-10-27(3,23)24)21-7-5-14-11-15(19)17-16(12-14)25-8-9-26-17;/h11-13H,4-10H2,1-3H3,(H2,20,21,22);1H. The Morgan fingerprint density at radius 3 is 2.71 bits per heavy atom. The third-order valence-electron chi connectivity index (χ3n) is 3.98. The number of hydrogen-bond acceptors (Lipinski definition) is 5. The summed E-state index contributed by atoms with van der Waals surface area (Å²) in [5.74, 6) is 2.09. The molecule has 2 rings (SSSR count). The number of rotatable bonds is 8. The van der Waals surface area contributed by atoms with E-state index in [4.69, 9.17) is 21.1 Å². The Hall–Kier alpha value is -0.940. The molecule has 0 radical (unpaired) electrons. The summed E-state index contributed by atoms with van der Waals surface area (Å²) in [5, 5.41) is 6.97. The number of ether oxygens (including phenoxy) is 2. The molecule has 1 aromatic rings. The molecule has 1 heterocycles. The van der Waals surface area contributed by atoms with Crippen molar-refractivity contribution in [2.75, 3.05) is 38.3 Å². The average molecular weight is 546 g/mol. The molecule has 0 fully saturated rings. The molecule has 1 atom stereocenters. The molecule has 1 aliphatic heterocycles. The molecule has 0 amide bonds. The molecule has 0 aromatic heterocycles. The topological polar surface area (TPSA) is 89.0 Å². The van der Waals surface area contributed by atoms with Crippen LogP contribution in [0.5, 0.6) is 11.5 Å². The summed E-state index contributed by atoms with van der Waals surface area (Å²) in [7, 11) is -2.97. The highest BCUT2D eigenvalue weighted by Gasteiger charge is 2.16. The van der Waals surface area contributed by atoms with Crippen LogP contribution in [0.1, 0.15) is 25.8 Å². The number of nitrogens with zero attached hydrogens (tertiary/aromatic N) is 1. The van der Waals surface area contributed by atoms with E-state index in [9.17, 15) is 8.42 Å². The number of nitrogens with one attached hydrogen (secondary N) is 2. The number of fused-ring (bicyclic) bond motifs is 1. The molecule has 0 saturated carbocycles. The van der Waals surface area contributed by atoms with E-state index in [1.165, 1.54) is 6.26 Å². The Labute approximate surface area is 189 Å². The fourth-order valence-electron chi connectivity index (χ4n) is 2.62. The maximum absolute atomic E-state index is 11.3. The lowest BCUT2D eigenvalue weighted by Crippen LogP contribution is -2.43. The van der Waals surface area contributed by atoms with Crippen molar-refractivity contribution in [3.05, 3.63) is 22.7 Å². The third kappa shape index (κ3) is 8.60. The Morgan fingerprint density at radius 2 is 2.04 bits per heavy atom. The fraction of sp³-hybridized carbons (Fsp3) is 0.611. The van der Waals surface area contributed by atoms with Crippen molar-refractivity contribution in [1.82, 2.24) is 10.6 Å². The quantitative estimate of drug-likeness (QED) is 0.297. The number of hydrogen-bond donors (Lipinski definition) is 2. The predicted molar refractivity (Wildman–Crippen MR) is 124 cm³/mol. The lowest BCUT2D eigenvalue weighted by Gasteiger charge is -2.20. The highest BCUT2D eigenvalue weighted by atomic mass is 127. The van der Waals surface area contributed by atoms with Gasteiger partial charge in [-0.05, 0) is 44.4 Å². The van der Waals surface area contributed by atoms with Crippen LogP contribution < -0.4 is 20.1 Å². The van der Waals surface area contributed by atoms with Gasteiger partial charge in [0.05, 0.1) is 10.8 Å². The zero-order valence-electron chi connectivity index (χ0n) is 16.5. The average Bonchev–Trinajstić information content (AvgIpc) is 2.60. The van der Waals surface area contributed by atoms with Gasteiger partial charge in [0.2, 0.25) is 0 Å². The van der Waals surface area contributed by atoms with E-state index < -0.39 is 9.84 Å². The third-order valence-corrected chi connectivity index (χ3v) is 5.23. The van der Waals surface area contributed by atoms with E-state index in [1.54, 1.807) is 0 Å².